The number of ether oxygens (including phenoxy) is 1. The van der Waals surface area contributed by atoms with Gasteiger partial charge in [0, 0.05) is 68.8 Å². The molecule has 1 aliphatic carbocycles. The Morgan fingerprint density at radius 2 is 1.58 bits per heavy atom. The maximum atomic E-state index is 13.7. The Morgan fingerprint density at radius 3 is 2.19 bits per heavy atom. The van der Waals surface area contributed by atoms with E-state index < -0.39 is 12.0 Å². The van der Waals surface area contributed by atoms with Gasteiger partial charge in [-0.15, -0.1) is 29.9 Å². The van der Waals surface area contributed by atoms with E-state index >= 15 is 0 Å². The SMILES string of the molecule is COc1ccc(-n2nnnc2C(F)(F)F)cc1CN1C[C@@H]2CN(C(=O)C3CC3)CCN2[C@H](C(c2ccccc2)c2ccccc2)C1.Cl.Cl. The van der Waals surface area contributed by atoms with E-state index in [1.807, 2.05) is 17.0 Å². The lowest BCUT2D eigenvalue weighted by molar-refractivity contribution is -0.146. The molecule has 256 valence electrons. The van der Waals surface area contributed by atoms with Crippen LogP contribution in [-0.4, -0.2) is 92.7 Å². The monoisotopic (exact) mass is 703 g/mol. The zero-order valence-corrected chi connectivity index (χ0v) is 28.0. The van der Waals surface area contributed by atoms with Gasteiger partial charge in [0.2, 0.25) is 5.91 Å². The Labute approximate surface area is 289 Å². The van der Waals surface area contributed by atoms with Gasteiger partial charge in [0.05, 0.1) is 12.8 Å². The molecule has 1 amide bonds. The molecular formula is C34H38Cl2F3N7O2. The van der Waals surface area contributed by atoms with Gasteiger partial charge < -0.3 is 9.64 Å². The molecule has 3 heterocycles. The molecule has 0 bridgehead atoms. The molecule has 14 heteroatoms. The van der Waals surface area contributed by atoms with E-state index in [1.54, 1.807) is 19.2 Å². The van der Waals surface area contributed by atoms with Crippen molar-refractivity contribution in [3.63, 3.8) is 0 Å². The van der Waals surface area contributed by atoms with Crippen LogP contribution < -0.4 is 4.74 Å². The van der Waals surface area contributed by atoms with Gasteiger partial charge in [-0.25, -0.2) is 0 Å². The third-order valence-corrected chi connectivity index (χ3v) is 9.43. The summed E-state index contributed by atoms with van der Waals surface area (Å²) in [4.78, 5) is 20.1. The Hall–Kier alpha value is -3.71. The minimum absolute atomic E-state index is 0. The first-order valence-corrected chi connectivity index (χ1v) is 15.7. The van der Waals surface area contributed by atoms with Crippen molar-refractivity contribution in [3.05, 3.63) is 101 Å². The van der Waals surface area contributed by atoms with Crippen LogP contribution in [0.25, 0.3) is 5.69 Å². The number of halogens is 5. The largest absolute Gasteiger partial charge is 0.496 e. The van der Waals surface area contributed by atoms with Gasteiger partial charge >= 0.3 is 6.18 Å². The zero-order chi connectivity index (χ0) is 31.8. The van der Waals surface area contributed by atoms with E-state index in [9.17, 15) is 18.0 Å². The van der Waals surface area contributed by atoms with Crippen LogP contribution in [0.2, 0.25) is 0 Å². The quantitative estimate of drug-likeness (QED) is 0.241. The summed E-state index contributed by atoms with van der Waals surface area (Å²) in [5.41, 5.74) is 3.37. The molecule has 48 heavy (non-hydrogen) atoms. The van der Waals surface area contributed by atoms with E-state index in [0.717, 1.165) is 24.9 Å². The summed E-state index contributed by atoms with van der Waals surface area (Å²) in [5, 5.41) is 10.1. The Morgan fingerprint density at radius 1 is 0.917 bits per heavy atom. The van der Waals surface area contributed by atoms with Gasteiger partial charge in [-0.3, -0.25) is 14.6 Å². The van der Waals surface area contributed by atoms with E-state index in [4.69, 9.17) is 4.74 Å². The van der Waals surface area contributed by atoms with E-state index in [-0.39, 0.29) is 60.3 Å². The first-order chi connectivity index (χ1) is 22.3. The second-order valence-electron chi connectivity index (χ2n) is 12.4. The standard InChI is InChI=1S/C34H36F3N7O2.2ClH/c1-46-30-15-14-27(44-33(34(35,36)37)38-39-40-44)18-26(30)19-41-20-28-21-42(32(45)25-12-13-25)16-17-43(28)29(22-41)31(23-8-4-2-5-9-23)24-10-6-3-7-11-24;;/h2-11,14-15,18,25,28-29,31H,12-13,16-17,19-22H2,1H3;2*1H/t28-,29+;;/m1../s1. The highest BCUT2D eigenvalue weighted by Gasteiger charge is 2.45. The number of alkyl halides is 3. The van der Waals surface area contributed by atoms with Crippen molar-refractivity contribution in [2.75, 3.05) is 39.8 Å². The number of carbonyl (C=O) groups excluding carboxylic acids is 1. The highest BCUT2D eigenvalue weighted by Crippen LogP contribution is 2.38. The molecule has 9 nitrogen and oxygen atoms in total. The molecule has 0 N–H and O–H groups in total. The van der Waals surface area contributed by atoms with Crippen LogP contribution in [0.5, 0.6) is 5.75 Å². The predicted octanol–water partition coefficient (Wildman–Crippen LogP) is 5.47. The second-order valence-corrected chi connectivity index (χ2v) is 12.4. The van der Waals surface area contributed by atoms with Crippen LogP contribution in [0.15, 0.2) is 78.9 Å². The minimum atomic E-state index is -4.71. The van der Waals surface area contributed by atoms with Gasteiger partial charge in [-0.2, -0.15) is 17.9 Å². The van der Waals surface area contributed by atoms with Gasteiger partial charge in [0.1, 0.15) is 5.75 Å². The summed E-state index contributed by atoms with van der Waals surface area (Å²) in [6.45, 7) is 4.00. The summed E-state index contributed by atoms with van der Waals surface area (Å²) < 4.78 is 47.4. The predicted molar refractivity (Wildman–Crippen MR) is 179 cm³/mol. The molecule has 3 aliphatic rings. The minimum Gasteiger partial charge on any atom is -0.496 e. The van der Waals surface area contributed by atoms with Crippen molar-refractivity contribution >= 4 is 30.7 Å². The number of nitrogens with zero attached hydrogens (tertiary/aromatic N) is 7. The second kappa shape index (κ2) is 14.8. The molecule has 1 saturated carbocycles. The fourth-order valence-corrected chi connectivity index (χ4v) is 7.18. The number of piperazine rings is 2. The molecular weight excluding hydrogens is 666 g/mol. The third kappa shape index (κ3) is 7.31. The number of aromatic nitrogens is 4. The molecule has 0 radical (unpaired) electrons. The zero-order valence-electron chi connectivity index (χ0n) is 26.4. The van der Waals surface area contributed by atoms with Crippen molar-refractivity contribution in [2.24, 2.45) is 5.92 Å². The summed E-state index contributed by atoms with van der Waals surface area (Å²) in [7, 11) is 1.56. The molecule has 2 aliphatic heterocycles. The lowest BCUT2D eigenvalue weighted by Gasteiger charge is -2.53. The normalized spacial score (nSPS) is 20.1. The maximum Gasteiger partial charge on any atom is 0.453 e. The lowest BCUT2D eigenvalue weighted by atomic mass is 9.81. The Bertz CT molecular complexity index is 1630. The van der Waals surface area contributed by atoms with Crippen LogP contribution in [-0.2, 0) is 17.5 Å². The van der Waals surface area contributed by atoms with Crippen LogP contribution in [0.3, 0.4) is 0 Å². The number of rotatable bonds is 8. The topological polar surface area (TPSA) is 79.6 Å². The highest BCUT2D eigenvalue weighted by atomic mass is 35.5. The molecule has 7 rings (SSSR count). The van der Waals surface area contributed by atoms with Crippen LogP contribution >= 0.6 is 24.8 Å². The molecule has 2 atom stereocenters. The van der Waals surface area contributed by atoms with Gasteiger partial charge in [0.25, 0.3) is 5.82 Å². The van der Waals surface area contributed by atoms with Gasteiger partial charge in [-0.05, 0) is 52.6 Å². The van der Waals surface area contributed by atoms with Gasteiger partial charge in [0.15, 0.2) is 0 Å². The molecule has 0 spiro atoms. The summed E-state index contributed by atoms with van der Waals surface area (Å²) in [6, 6.07) is 26.1. The number of benzene rings is 3. The number of hydrogen-bond donors (Lipinski definition) is 0. The number of hydrogen-bond acceptors (Lipinski definition) is 7. The third-order valence-electron chi connectivity index (χ3n) is 9.43. The smallest absolute Gasteiger partial charge is 0.453 e. The summed E-state index contributed by atoms with van der Waals surface area (Å²) >= 11 is 0. The fourth-order valence-electron chi connectivity index (χ4n) is 7.18. The maximum absolute atomic E-state index is 13.7. The number of amides is 1. The lowest BCUT2D eigenvalue weighted by Crippen LogP contribution is -2.67. The average molecular weight is 705 g/mol. The van der Waals surface area contributed by atoms with Crippen molar-refractivity contribution in [1.82, 2.24) is 34.9 Å². The molecule has 3 fully saturated rings. The molecule has 3 aromatic carbocycles. The van der Waals surface area contributed by atoms with Crippen LogP contribution in [0.1, 0.15) is 41.3 Å². The van der Waals surface area contributed by atoms with E-state index in [1.165, 1.54) is 17.2 Å². The highest BCUT2D eigenvalue weighted by molar-refractivity contribution is 5.85. The molecule has 2 saturated heterocycles. The number of fused-ring (bicyclic) bond motifs is 1. The number of methoxy groups -OCH3 is 1. The first-order valence-electron chi connectivity index (χ1n) is 15.7. The molecule has 4 aromatic rings. The Balaban J connectivity index is 0.00000225. The van der Waals surface area contributed by atoms with Crippen LogP contribution in [0, 0.1) is 5.92 Å². The first kappa shape index (κ1) is 35.6. The fraction of sp³-hybridized carbons (Fsp3) is 0.412. The number of tetrazole rings is 1. The molecule has 1 aromatic heterocycles. The summed E-state index contributed by atoms with van der Waals surface area (Å²) in [5.74, 6) is -0.132. The van der Waals surface area contributed by atoms with Crippen molar-refractivity contribution in [1.29, 1.82) is 0 Å². The number of carbonyl (C=O) groups is 1. The van der Waals surface area contributed by atoms with Crippen LogP contribution in [0.4, 0.5) is 13.2 Å². The van der Waals surface area contributed by atoms with Crippen molar-refractivity contribution in [3.8, 4) is 11.4 Å². The molecule has 0 unspecified atom stereocenters. The van der Waals surface area contributed by atoms with Gasteiger partial charge in [-0.1, -0.05) is 60.7 Å². The summed E-state index contributed by atoms with van der Waals surface area (Å²) in [6.07, 6.45) is -2.77. The average Bonchev–Trinajstić information content (AvgIpc) is 3.79. The Kier molecular flexibility index (Phi) is 11.0. The van der Waals surface area contributed by atoms with Crippen molar-refractivity contribution < 1.29 is 22.7 Å². The van der Waals surface area contributed by atoms with E-state index in [2.05, 4.69) is 73.9 Å². The van der Waals surface area contributed by atoms with Crippen molar-refractivity contribution in [2.45, 2.75) is 43.6 Å². The van der Waals surface area contributed by atoms with E-state index in [0.29, 0.717) is 43.2 Å².